The number of hydrogen-bond donors (Lipinski definition) is 2. The fraction of sp³-hybridized carbons (Fsp3) is 0.333. The van der Waals surface area contributed by atoms with Crippen molar-refractivity contribution in [1.82, 2.24) is 4.98 Å². The Bertz CT molecular complexity index is 321. The number of amides is 1. The second-order valence-corrected chi connectivity index (χ2v) is 3.57. The zero-order valence-corrected chi connectivity index (χ0v) is 7.76. The Kier molecular flexibility index (Phi) is 2.77. The third kappa shape index (κ3) is 2.86. The number of aromatic nitrogens is 1. The van der Waals surface area contributed by atoms with Crippen molar-refractivity contribution in [3.63, 3.8) is 0 Å². The number of nitrogens with zero attached hydrogens (tertiary/aromatic N) is 1. The van der Waals surface area contributed by atoms with Gasteiger partial charge in [0.25, 0.3) is 0 Å². The molecule has 0 aliphatic heterocycles. The predicted molar refractivity (Wildman–Crippen MR) is 51.8 cm³/mol. The molecule has 0 aliphatic carbocycles. The van der Waals surface area contributed by atoms with Gasteiger partial charge in [-0.25, -0.2) is 4.98 Å². The molecule has 1 amide bonds. The predicted octanol–water partition coefficient (Wildman–Crippen LogP) is -0.459. The van der Waals surface area contributed by atoms with E-state index < -0.39 is 5.40 Å². The molecule has 1 rings (SSSR count). The van der Waals surface area contributed by atoms with Gasteiger partial charge < -0.3 is 10.4 Å². The highest BCUT2D eigenvalue weighted by molar-refractivity contribution is 7.16. The molecule has 2 N–H and O–H groups in total. The van der Waals surface area contributed by atoms with Crippen LogP contribution in [0.2, 0.25) is 0 Å². The van der Waals surface area contributed by atoms with Crippen LogP contribution in [0.1, 0.15) is 11.8 Å². The Hall–Kier alpha value is -0.810. The number of carbonyl (C=O) groups is 1. The maximum atomic E-state index is 10.6. The van der Waals surface area contributed by atoms with E-state index in [4.69, 9.17) is 20.8 Å². The van der Waals surface area contributed by atoms with Crippen LogP contribution in [0.15, 0.2) is 6.20 Å². The van der Waals surface area contributed by atoms with Gasteiger partial charge in [-0.15, -0.1) is 11.3 Å². The van der Waals surface area contributed by atoms with Crippen LogP contribution < -0.4 is 5.32 Å². The molecule has 0 aliphatic rings. The maximum absolute atomic E-state index is 10.6. The molecule has 1 aromatic rings. The molecule has 0 spiro atoms. The number of anilines is 1. The minimum absolute atomic E-state index is 0.238. The molecule has 7 heteroatoms. The van der Waals surface area contributed by atoms with Crippen molar-refractivity contribution >= 4 is 38.1 Å². The van der Waals surface area contributed by atoms with Gasteiger partial charge in [-0.1, -0.05) is 0 Å². The highest BCUT2D eigenvalue weighted by Crippen LogP contribution is 2.24. The van der Waals surface area contributed by atoms with Gasteiger partial charge in [0, 0.05) is 23.4 Å². The molecule has 0 atom stereocenters. The number of carbonyl (C=O) groups excluding carboxylic acids is 1. The van der Waals surface area contributed by atoms with Crippen molar-refractivity contribution in [3.8, 4) is 0 Å². The van der Waals surface area contributed by atoms with Crippen LogP contribution in [0.5, 0.6) is 0 Å². The zero-order chi connectivity index (χ0) is 10.1. The molecule has 0 saturated carbocycles. The van der Waals surface area contributed by atoms with Crippen LogP contribution in [0.25, 0.3) is 0 Å². The second-order valence-electron chi connectivity index (χ2n) is 2.54. The summed E-state index contributed by atoms with van der Waals surface area (Å²) >= 11 is 1.03. The summed E-state index contributed by atoms with van der Waals surface area (Å²) in [5.41, 5.74) is 0. The lowest BCUT2D eigenvalue weighted by Gasteiger charge is -2.14. The molecule has 0 unspecified atom stereocenters. The van der Waals surface area contributed by atoms with Crippen LogP contribution >= 0.6 is 11.3 Å². The summed E-state index contributed by atoms with van der Waals surface area (Å²) in [5.74, 6) is -0.238. The first-order valence-electron chi connectivity index (χ1n) is 3.43. The smallest absolute Gasteiger partial charge is 0.223 e. The molecule has 0 bridgehead atoms. The molecular formula is C6H6B2N2O2S. The highest BCUT2D eigenvalue weighted by atomic mass is 32.1. The lowest BCUT2D eigenvalue weighted by atomic mass is 9.65. The molecule has 4 nitrogen and oxygen atoms in total. The van der Waals surface area contributed by atoms with Crippen LogP contribution in [0.3, 0.4) is 0 Å². The van der Waals surface area contributed by atoms with Crippen LogP contribution in [-0.4, -0.2) is 31.7 Å². The largest absolute Gasteiger partial charge is 0.404 e. The number of nitrogens with one attached hydrogen (secondary N) is 1. The Balaban J connectivity index is 2.81. The van der Waals surface area contributed by atoms with Gasteiger partial charge >= 0.3 is 0 Å². The third-order valence-electron chi connectivity index (χ3n) is 1.18. The van der Waals surface area contributed by atoms with E-state index in [-0.39, 0.29) is 10.8 Å². The van der Waals surface area contributed by atoms with E-state index in [1.54, 1.807) is 0 Å². The van der Waals surface area contributed by atoms with Gasteiger partial charge in [-0.2, -0.15) is 0 Å². The number of hydrogen-bond acceptors (Lipinski definition) is 4. The van der Waals surface area contributed by atoms with E-state index in [9.17, 15) is 4.79 Å². The fourth-order valence-electron chi connectivity index (χ4n) is 0.668. The van der Waals surface area contributed by atoms with Crippen molar-refractivity contribution in [3.05, 3.63) is 11.1 Å². The molecule has 4 radical (unpaired) electrons. The lowest BCUT2D eigenvalue weighted by molar-refractivity contribution is -0.114. The molecule has 0 aromatic carbocycles. The Labute approximate surface area is 82.2 Å². The van der Waals surface area contributed by atoms with E-state index >= 15 is 0 Å². The molecule has 1 aromatic heterocycles. The Morgan fingerprint density at radius 3 is 2.77 bits per heavy atom. The minimum atomic E-state index is -1.89. The van der Waals surface area contributed by atoms with Gasteiger partial charge in [-0.05, 0) is 0 Å². The van der Waals surface area contributed by atoms with Crippen LogP contribution in [0.4, 0.5) is 5.13 Å². The van der Waals surface area contributed by atoms with E-state index in [1.165, 1.54) is 13.1 Å². The number of rotatable bonds is 2. The number of aliphatic hydroxyl groups is 1. The van der Waals surface area contributed by atoms with Crippen molar-refractivity contribution in [1.29, 1.82) is 0 Å². The quantitative estimate of drug-likeness (QED) is 0.623. The van der Waals surface area contributed by atoms with Gasteiger partial charge in [0.05, 0.1) is 0 Å². The summed E-state index contributed by atoms with van der Waals surface area (Å²) in [7, 11) is 10.4. The van der Waals surface area contributed by atoms with Crippen molar-refractivity contribution in [2.75, 3.05) is 5.32 Å². The first-order chi connectivity index (χ1) is 5.89. The summed E-state index contributed by atoms with van der Waals surface area (Å²) in [6.45, 7) is 1.36. The molecular weight excluding hydrogens is 186 g/mol. The standard InChI is InChI=1S/C6H6B2N2O2S/c1-3(11)10-5-9-2-4(13-5)6(7,8)12/h2,12H,1H3,(H,9,10,11). The first kappa shape index (κ1) is 10.3. The van der Waals surface area contributed by atoms with E-state index in [2.05, 4.69) is 10.3 Å². The van der Waals surface area contributed by atoms with Gasteiger partial charge in [-0.3, -0.25) is 4.79 Å². The average molecular weight is 192 g/mol. The van der Waals surface area contributed by atoms with Crippen molar-refractivity contribution in [2.24, 2.45) is 0 Å². The third-order valence-corrected chi connectivity index (χ3v) is 2.24. The lowest BCUT2D eigenvalue weighted by Crippen LogP contribution is -2.24. The highest BCUT2D eigenvalue weighted by Gasteiger charge is 2.18. The normalized spacial score (nSPS) is 11.2. The summed E-state index contributed by atoms with van der Waals surface area (Å²) in [4.78, 5) is 14.7. The summed E-state index contributed by atoms with van der Waals surface area (Å²) < 4.78 is 0. The minimum Gasteiger partial charge on any atom is -0.404 e. The van der Waals surface area contributed by atoms with E-state index in [0.717, 1.165) is 11.3 Å². The topological polar surface area (TPSA) is 62.2 Å². The summed E-state index contributed by atoms with van der Waals surface area (Å²) in [5, 5.41) is 10.1. The molecule has 64 valence electrons. The number of thiazole rings is 1. The molecule has 0 fully saturated rings. The van der Waals surface area contributed by atoms with Gasteiger partial charge in [0.2, 0.25) is 5.91 Å². The van der Waals surface area contributed by atoms with Crippen LogP contribution in [-0.2, 0) is 10.2 Å². The van der Waals surface area contributed by atoms with Gasteiger partial charge in [0.1, 0.15) is 15.7 Å². The molecule has 0 saturated heterocycles. The zero-order valence-electron chi connectivity index (χ0n) is 6.94. The summed E-state index contributed by atoms with van der Waals surface area (Å²) in [6.07, 6.45) is 1.32. The Morgan fingerprint density at radius 1 is 1.77 bits per heavy atom. The van der Waals surface area contributed by atoms with Gasteiger partial charge in [0.15, 0.2) is 5.13 Å². The fourth-order valence-corrected chi connectivity index (χ4v) is 1.45. The molecule has 1 heterocycles. The molecule has 13 heavy (non-hydrogen) atoms. The maximum Gasteiger partial charge on any atom is 0.223 e. The van der Waals surface area contributed by atoms with Crippen molar-refractivity contribution in [2.45, 2.75) is 12.3 Å². The SMILES string of the molecule is [B]C([B])(O)c1cnc(NC(C)=O)s1. The Morgan fingerprint density at radius 2 is 2.38 bits per heavy atom. The second kappa shape index (κ2) is 3.51. The summed E-state index contributed by atoms with van der Waals surface area (Å²) in [6, 6.07) is 0. The van der Waals surface area contributed by atoms with Crippen molar-refractivity contribution < 1.29 is 9.90 Å². The van der Waals surface area contributed by atoms with E-state index in [1.807, 2.05) is 0 Å². The monoisotopic (exact) mass is 192 g/mol. The van der Waals surface area contributed by atoms with E-state index in [0.29, 0.717) is 5.13 Å². The average Bonchev–Trinajstić information content (AvgIpc) is 2.32. The van der Waals surface area contributed by atoms with Crippen LogP contribution in [0, 0.1) is 0 Å². The first-order valence-corrected chi connectivity index (χ1v) is 4.25.